The summed E-state index contributed by atoms with van der Waals surface area (Å²) in [6.45, 7) is 7.77. The van der Waals surface area contributed by atoms with E-state index < -0.39 is 0 Å². The maximum atomic E-state index is 12.9. The summed E-state index contributed by atoms with van der Waals surface area (Å²) in [4.78, 5) is 27.2. The highest BCUT2D eigenvalue weighted by molar-refractivity contribution is 5.88. The quantitative estimate of drug-likeness (QED) is 0.315. The molecule has 1 fully saturated rings. The first-order valence-electron chi connectivity index (χ1n) is 13.6. The van der Waals surface area contributed by atoms with E-state index in [1.165, 1.54) is 0 Å². The maximum Gasteiger partial charge on any atom is 0.248 e. The van der Waals surface area contributed by atoms with Gasteiger partial charge in [-0.2, -0.15) is 5.10 Å². The van der Waals surface area contributed by atoms with Gasteiger partial charge in [0.25, 0.3) is 0 Å². The molecule has 0 unspecified atom stereocenters. The Balaban J connectivity index is 1.34. The summed E-state index contributed by atoms with van der Waals surface area (Å²) >= 11 is 0. The molecular weight excluding hydrogens is 476 g/mol. The Hall–Kier alpha value is -3.78. The molecule has 1 atom stereocenters. The lowest BCUT2D eigenvalue weighted by Crippen LogP contribution is -2.37. The van der Waals surface area contributed by atoms with Gasteiger partial charge >= 0.3 is 0 Å². The smallest absolute Gasteiger partial charge is 0.248 e. The summed E-state index contributed by atoms with van der Waals surface area (Å²) in [5.74, 6) is 2.03. The number of rotatable bonds is 9. The van der Waals surface area contributed by atoms with Crippen LogP contribution in [0.25, 0.3) is 16.7 Å². The first-order valence-corrected chi connectivity index (χ1v) is 13.6. The minimum atomic E-state index is 0.0322. The molecule has 0 bridgehead atoms. The minimum absolute atomic E-state index is 0.0322. The molecule has 1 aliphatic rings. The van der Waals surface area contributed by atoms with E-state index in [9.17, 15) is 4.79 Å². The van der Waals surface area contributed by atoms with Crippen molar-refractivity contribution in [2.24, 2.45) is 0 Å². The summed E-state index contributed by atoms with van der Waals surface area (Å²) in [7, 11) is 0. The Labute approximate surface area is 224 Å². The van der Waals surface area contributed by atoms with Crippen LogP contribution in [0.2, 0.25) is 0 Å². The van der Waals surface area contributed by atoms with E-state index in [0.29, 0.717) is 26.2 Å². The number of ether oxygens (including phenoxy) is 1. The Morgan fingerprint density at radius 1 is 0.974 bits per heavy atom. The molecule has 2 aromatic carbocycles. The Kier molecular flexibility index (Phi) is 8.28. The molecule has 198 valence electrons. The molecule has 4 aromatic rings. The molecule has 0 saturated carbocycles. The van der Waals surface area contributed by atoms with E-state index in [1.54, 1.807) is 0 Å². The van der Waals surface area contributed by atoms with Gasteiger partial charge in [-0.3, -0.25) is 4.79 Å². The largest absolute Gasteiger partial charge is 0.367 e. The molecule has 0 N–H and O–H groups in total. The molecular formula is C30H36N6O2. The van der Waals surface area contributed by atoms with Gasteiger partial charge < -0.3 is 14.5 Å². The van der Waals surface area contributed by atoms with Crippen LogP contribution in [-0.4, -0.2) is 63.3 Å². The van der Waals surface area contributed by atoms with Gasteiger partial charge in [0.05, 0.1) is 23.9 Å². The fourth-order valence-electron chi connectivity index (χ4n) is 4.99. The third-order valence-electron chi connectivity index (χ3n) is 7.07. The van der Waals surface area contributed by atoms with Gasteiger partial charge in [-0.1, -0.05) is 68.8 Å². The van der Waals surface area contributed by atoms with E-state index >= 15 is 0 Å². The molecule has 38 heavy (non-hydrogen) atoms. The van der Waals surface area contributed by atoms with Crippen molar-refractivity contribution in [3.63, 3.8) is 0 Å². The van der Waals surface area contributed by atoms with E-state index in [0.717, 1.165) is 59.7 Å². The number of benzene rings is 2. The van der Waals surface area contributed by atoms with Crippen molar-refractivity contribution in [1.29, 1.82) is 0 Å². The van der Waals surface area contributed by atoms with E-state index in [1.807, 2.05) is 76.4 Å². The topological polar surface area (TPSA) is 76.4 Å². The summed E-state index contributed by atoms with van der Waals surface area (Å²) in [6, 6.07) is 20.0. The van der Waals surface area contributed by atoms with Crippen LogP contribution in [0.15, 0.2) is 66.9 Å². The van der Waals surface area contributed by atoms with Gasteiger partial charge in [0.2, 0.25) is 5.91 Å². The van der Waals surface area contributed by atoms with Crippen LogP contribution in [0, 0.1) is 0 Å². The summed E-state index contributed by atoms with van der Waals surface area (Å²) in [5, 5.41) is 5.64. The predicted octanol–water partition coefficient (Wildman–Crippen LogP) is 4.97. The SMILES string of the molecule is CCC[C@H](C)c1nc(N2CCCN(C(=O)COCc3ccccc3)CC2)c2cnn(-c3ccccc3)c2n1. The van der Waals surface area contributed by atoms with Gasteiger partial charge in [0.1, 0.15) is 18.2 Å². The number of fused-ring (bicyclic) bond motifs is 1. The molecule has 1 aliphatic heterocycles. The number of para-hydroxylation sites is 1. The van der Waals surface area contributed by atoms with Crippen molar-refractivity contribution in [2.75, 3.05) is 37.7 Å². The molecule has 1 amide bonds. The highest BCUT2D eigenvalue weighted by Crippen LogP contribution is 2.29. The van der Waals surface area contributed by atoms with Crippen LogP contribution in [0.5, 0.6) is 0 Å². The zero-order valence-electron chi connectivity index (χ0n) is 22.3. The van der Waals surface area contributed by atoms with Crippen molar-refractivity contribution in [1.82, 2.24) is 24.6 Å². The molecule has 1 saturated heterocycles. The lowest BCUT2D eigenvalue weighted by atomic mass is 10.1. The molecule has 5 rings (SSSR count). The third-order valence-corrected chi connectivity index (χ3v) is 7.07. The summed E-state index contributed by atoms with van der Waals surface area (Å²) in [5.41, 5.74) is 2.87. The normalized spacial score (nSPS) is 15.0. The van der Waals surface area contributed by atoms with Crippen LogP contribution in [0.3, 0.4) is 0 Å². The highest BCUT2D eigenvalue weighted by atomic mass is 16.5. The Morgan fingerprint density at radius 2 is 1.74 bits per heavy atom. The molecule has 0 aliphatic carbocycles. The van der Waals surface area contributed by atoms with Crippen molar-refractivity contribution in [2.45, 2.75) is 45.6 Å². The van der Waals surface area contributed by atoms with Crippen molar-refractivity contribution >= 4 is 22.8 Å². The van der Waals surface area contributed by atoms with Crippen LogP contribution < -0.4 is 4.90 Å². The minimum Gasteiger partial charge on any atom is -0.367 e. The Morgan fingerprint density at radius 3 is 2.50 bits per heavy atom. The van der Waals surface area contributed by atoms with Gasteiger partial charge in [0.15, 0.2) is 5.65 Å². The average Bonchev–Trinajstić information content (AvgIpc) is 3.22. The summed E-state index contributed by atoms with van der Waals surface area (Å²) < 4.78 is 7.62. The van der Waals surface area contributed by atoms with Crippen molar-refractivity contribution in [3.05, 3.63) is 78.2 Å². The standard InChI is InChI=1S/C30H36N6O2/c1-3-11-23(2)28-32-29(26-20-31-36(30(26)33-28)25-14-8-5-9-15-25)35-17-10-16-34(18-19-35)27(37)22-38-21-24-12-6-4-7-13-24/h4-9,12-15,20,23H,3,10-11,16-19,21-22H2,1-2H3/t23-/m0/s1. The number of anilines is 1. The molecule has 0 spiro atoms. The van der Waals surface area contributed by atoms with Gasteiger partial charge in [-0.05, 0) is 30.5 Å². The molecule has 3 heterocycles. The van der Waals surface area contributed by atoms with Crippen molar-refractivity contribution in [3.8, 4) is 5.69 Å². The Bertz CT molecular complexity index is 1340. The van der Waals surface area contributed by atoms with Crippen LogP contribution >= 0.6 is 0 Å². The van der Waals surface area contributed by atoms with Crippen molar-refractivity contribution < 1.29 is 9.53 Å². The summed E-state index contributed by atoms with van der Waals surface area (Å²) in [6.07, 6.45) is 4.83. The van der Waals surface area contributed by atoms with Gasteiger partial charge in [-0.15, -0.1) is 0 Å². The molecule has 2 aromatic heterocycles. The zero-order valence-corrected chi connectivity index (χ0v) is 22.3. The second-order valence-corrected chi connectivity index (χ2v) is 9.92. The van der Waals surface area contributed by atoms with Gasteiger partial charge in [-0.25, -0.2) is 14.6 Å². The van der Waals surface area contributed by atoms with Crippen LogP contribution in [0.4, 0.5) is 5.82 Å². The molecule has 8 nitrogen and oxygen atoms in total. The van der Waals surface area contributed by atoms with Gasteiger partial charge in [0, 0.05) is 32.1 Å². The van der Waals surface area contributed by atoms with E-state index in [4.69, 9.17) is 19.8 Å². The van der Waals surface area contributed by atoms with Crippen LogP contribution in [-0.2, 0) is 16.1 Å². The fraction of sp³-hybridized carbons (Fsp3) is 0.400. The lowest BCUT2D eigenvalue weighted by Gasteiger charge is -2.24. The number of aromatic nitrogens is 4. The van der Waals surface area contributed by atoms with E-state index in [2.05, 4.69) is 18.7 Å². The number of amides is 1. The molecule has 8 heteroatoms. The third kappa shape index (κ3) is 5.86. The number of hydrogen-bond acceptors (Lipinski definition) is 6. The number of carbonyl (C=O) groups excluding carboxylic acids is 1. The maximum absolute atomic E-state index is 12.9. The van der Waals surface area contributed by atoms with Crippen LogP contribution in [0.1, 0.15) is 50.4 Å². The second kappa shape index (κ2) is 12.2. The first kappa shape index (κ1) is 25.9. The number of carbonyl (C=O) groups is 1. The average molecular weight is 513 g/mol. The predicted molar refractivity (Wildman–Crippen MR) is 149 cm³/mol. The first-order chi connectivity index (χ1) is 18.6. The highest BCUT2D eigenvalue weighted by Gasteiger charge is 2.24. The second-order valence-electron chi connectivity index (χ2n) is 9.92. The van der Waals surface area contributed by atoms with E-state index in [-0.39, 0.29) is 18.4 Å². The monoisotopic (exact) mass is 512 g/mol. The number of hydrogen-bond donors (Lipinski definition) is 0. The lowest BCUT2D eigenvalue weighted by molar-refractivity contribution is -0.136. The zero-order chi connectivity index (χ0) is 26.3. The number of nitrogens with zero attached hydrogens (tertiary/aromatic N) is 6. The molecule has 0 radical (unpaired) electrons. The fourth-order valence-corrected chi connectivity index (χ4v) is 4.99.